The molecule has 0 N–H and O–H groups in total. The number of hydrogen-bond donors (Lipinski definition) is 0. The van der Waals surface area contributed by atoms with E-state index in [1.165, 1.54) is 99.3 Å². The molecule has 0 aromatic heterocycles. The van der Waals surface area contributed by atoms with E-state index in [-0.39, 0.29) is 7.43 Å². The van der Waals surface area contributed by atoms with Gasteiger partial charge in [-0.15, -0.1) is 0 Å². The Bertz CT molecular complexity index is 912. The zero-order valence-electron chi connectivity index (χ0n) is 38.0. The highest BCUT2D eigenvalue weighted by atomic mass is 13.9. The molecule has 4 rings (SSSR count). The van der Waals surface area contributed by atoms with Crippen LogP contribution in [0.3, 0.4) is 0 Å². The molecule has 0 aliphatic heterocycles. The second-order valence-electron chi connectivity index (χ2n) is 12.6. The van der Waals surface area contributed by atoms with Gasteiger partial charge in [0, 0.05) is 0 Å². The van der Waals surface area contributed by atoms with Crippen LogP contribution in [0.1, 0.15) is 191 Å². The largest absolute Gasteiger partial charge is 0.0776 e. The summed E-state index contributed by atoms with van der Waals surface area (Å²) in [5.74, 6) is 0. The van der Waals surface area contributed by atoms with Crippen LogP contribution in [-0.2, 0) is 12.8 Å². The zero-order valence-corrected chi connectivity index (χ0v) is 38.0. The van der Waals surface area contributed by atoms with Gasteiger partial charge in [-0.3, -0.25) is 0 Å². The summed E-state index contributed by atoms with van der Waals surface area (Å²) in [4.78, 5) is 0. The topological polar surface area (TPSA) is 0 Å². The van der Waals surface area contributed by atoms with Crippen molar-refractivity contribution in [1.82, 2.24) is 0 Å². The second-order valence-corrected chi connectivity index (χ2v) is 12.6. The van der Waals surface area contributed by atoms with E-state index >= 15 is 0 Å². The Kier molecular flexibility index (Phi) is 82.0. The molecule has 0 spiro atoms. The van der Waals surface area contributed by atoms with Gasteiger partial charge >= 0.3 is 0 Å². The molecule has 0 fully saturated rings. The number of aryl methyl sites for hydroxylation is 4. The molecule has 4 aromatic carbocycles. The van der Waals surface area contributed by atoms with Gasteiger partial charge in [-0.05, 0) is 37.8 Å². The molecule has 0 atom stereocenters. The fraction of sp³-hybridized carbons (Fsp3) is 0.547. The smallest absolute Gasteiger partial charge is 0.0281 e. The van der Waals surface area contributed by atoms with Crippen molar-refractivity contribution < 1.29 is 0 Å². The molecule has 4 aromatic rings. The molecular weight excluding hydrogens is 637 g/mol. The highest BCUT2D eigenvalue weighted by molar-refractivity contribution is 5.15. The van der Waals surface area contributed by atoms with E-state index in [0.29, 0.717) is 0 Å². The van der Waals surface area contributed by atoms with Gasteiger partial charge in [0.05, 0.1) is 0 Å². The zero-order chi connectivity index (χ0) is 40.9. The summed E-state index contributed by atoms with van der Waals surface area (Å²) in [6.07, 6.45) is 15.2. The average Bonchev–Trinajstić information content (AvgIpc) is 3.16. The van der Waals surface area contributed by atoms with Crippen molar-refractivity contribution in [3.05, 3.63) is 144 Å². The Labute approximate surface area is 337 Å². The molecule has 53 heavy (non-hydrogen) atoms. The normalized spacial score (nSPS) is 8.00. The first-order valence-electron chi connectivity index (χ1n) is 21.2. The lowest BCUT2D eigenvalue weighted by molar-refractivity contribution is 0.886. The fourth-order valence-electron chi connectivity index (χ4n) is 2.94. The van der Waals surface area contributed by atoms with Crippen LogP contribution in [-0.4, -0.2) is 0 Å². The lowest BCUT2D eigenvalue weighted by atomic mass is 10.1. The van der Waals surface area contributed by atoms with E-state index in [1.54, 1.807) is 0 Å². The number of benzene rings is 4. The number of rotatable bonds is 6. The summed E-state index contributed by atoms with van der Waals surface area (Å²) in [6.45, 7) is 34.3. The predicted molar refractivity (Wildman–Crippen MR) is 255 cm³/mol. The van der Waals surface area contributed by atoms with E-state index in [4.69, 9.17) is 0 Å². The first-order chi connectivity index (χ1) is 25.1. The Morgan fingerprint density at radius 2 is 0.434 bits per heavy atom. The third kappa shape index (κ3) is 79.0. The van der Waals surface area contributed by atoms with E-state index < -0.39 is 0 Å². The van der Waals surface area contributed by atoms with Crippen LogP contribution in [0.2, 0.25) is 0 Å². The van der Waals surface area contributed by atoms with Crippen LogP contribution in [0.4, 0.5) is 0 Å². The lowest BCUT2D eigenvalue weighted by Gasteiger charge is -1.93. The summed E-state index contributed by atoms with van der Waals surface area (Å²) in [7, 11) is 0. The van der Waals surface area contributed by atoms with Gasteiger partial charge < -0.3 is 0 Å². The van der Waals surface area contributed by atoms with Gasteiger partial charge in [0.25, 0.3) is 0 Å². The van der Waals surface area contributed by atoms with Crippen molar-refractivity contribution >= 4 is 0 Å². The summed E-state index contributed by atoms with van der Waals surface area (Å²) in [5.41, 5.74) is 5.53. The van der Waals surface area contributed by atoms with Gasteiger partial charge in [-0.2, -0.15) is 0 Å². The molecule has 0 saturated carbocycles. The summed E-state index contributed by atoms with van der Waals surface area (Å²) < 4.78 is 0. The molecule has 0 radical (unpaired) electrons. The van der Waals surface area contributed by atoms with Gasteiger partial charge in [0.1, 0.15) is 0 Å². The molecule has 0 heteroatoms. The first kappa shape index (κ1) is 64.8. The SMILES string of the molecule is C.CCC.CCC.CCC.CCC.CCCC.CCCC.CCCc1ccccc1.CCCc1ccccc1.Cc1ccccc1.Cc1ccccc1. The monoisotopic (exact) mass is 733 g/mol. The van der Waals surface area contributed by atoms with E-state index in [1.807, 2.05) is 36.4 Å². The summed E-state index contributed by atoms with van der Waals surface area (Å²) >= 11 is 0. The van der Waals surface area contributed by atoms with Crippen LogP contribution in [0, 0.1) is 13.8 Å². The minimum absolute atomic E-state index is 0. The second kappa shape index (κ2) is 67.1. The van der Waals surface area contributed by atoms with Crippen LogP contribution < -0.4 is 0 Å². The lowest BCUT2D eigenvalue weighted by Crippen LogP contribution is -1.78. The van der Waals surface area contributed by atoms with Crippen LogP contribution in [0.15, 0.2) is 121 Å². The van der Waals surface area contributed by atoms with E-state index in [2.05, 4.69) is 196 Å². The van der Waals surface area contributed by atoms with Crippen molar-refractivity contribution in [2.24, 2.45) is 0 Å². The molecule has 0 amide bonds. The van der Waals surface area contributed by atoms with Gasteiger partial charge in [-0.25, -0.2) is 0 Å². The molecule has 0 unspecified atom stereocenters. The molecule has 0 heterocycles. The third-order valence-corrected chi connectivity index (χ3v) is 5.64. The molecule has 0 saturated heterocycles. The molecule has 0 nitrogen and oxygen atoms in total. The molecular formula is C53H96. The predicted octanol–water partition coefficient (Wildman–Crippen LogP) is 19.2. The van der Waals surface area contributed by atoms with Crippen molar-refractivity contribution in [2.45, 2.75) is 195 Å². The van der Waals surface area contributed by atoms with Crippen molar-refractivity contribution in [2.75, 3.05) is 0 Å². The summed E-state index contributed by atoms with van der Waals surface area (Å²) in [6, 6.07) is 41.7. The van der Waals surface area contributed by atoms with E-state index in [9.17, 15) is 0 Å². The molecule has 0 aliphatic rings. The van der Waals surface area contributed by atoms with Crippen LogP contribution in [0.5, 0.6) is 0 Å². The molecule has 0 bridgehead atoms. The first-order valence-corrected chi connectivity index (χ1v) is 21.2. The van der Waals surface area contributed by atoms with Gasteiger partial charge in [-0.1, -0.05) is 301 Å². The number of unbranched alkanes of at least 4 members (excludes halogenated alkanes) is 2. The maximum absolute atomic E-state index is 2.20. The Morgan fingerprint density at radius 3 is 0.547 bits per heavy atom. The van der Waals surface area contributed by atoms with Crippen molar-refractivity contribution in [1.29, 1.82) is 0 Å². The van der Waals surface area contributed by atoms with Crippen molar-refractivity contribution in [3.63, 3.8) is 0 Å². The van der Waals surface area contributed by atoms with Crippen molar-refractivity contribution in [3.8, 4) is 0 Å². The average molecular weight is 733 g/mol. The minimum atomic E-state index is 0. The van der Waals surface area contributed by atoms with Gasteiger partial charge in [0.15, 0.2) is 0 Å². The summed E-state index contributed by atoms with van der Waals surface area (Å²) in [5, 5.41) is 0. The molecule has 308 valence electrons. The number of hydrogen-bond acceptors (Lipinski definition) is 0. The third-order valence-electron chi connectivity index (χ3n) is 5.64. The maximum Gasteiger partial charge on any atom is -0.0281 e. The minimum Gasteiger partial charge on any atom is -0.0776 e. The Hall–Kier alpha value is -3.12. The Morgan fingerprint density at radius 1 is 0.264 bits per heavy atom. The fourth-order valence-corrected chi connectivity index (χ4v) is 2.94. The maximum atomic E-state index is 2.20. The highest BCUT2D eigenvalue weighted by Gasteiger charge is 1.85. The van der Waals surface area contributed by atoms with Crippen LogP contribution >= 0.6 is 0 Å². The Balaban J connectivity index is -0.0000000916. The van der Waals surface area contributed by atoms with Gasteiger partial charge in [0.2, 0.25) is 0 Å². The quantitative estimate of drug-likeness (QED) is 0.185. The van der Waals surface area contributed by atoms with Crippen LogP contribution in [0.25, 0.3) is 0 Å². The standard InChI is InChI=1S/2C9H12.2C7H8.2C4H10.4C3H8.CH4/c2*1-2-6-9-7-4-3-5-8-9;2*1-7-5-3-2-4-6-7;2*1-3-4-2;4*1-3-2;/h2*3-5,7-8H,2,6H2,1H3;2*2-6H,1H3;2*3-4H2,1-2H3;4*3H2,1-2H3;1H4. The highest BCUT2D eigenvalue weighted by Crippen LogP contribution is 2.01. The van der Waals surface area contributed by atoms with E-state index in [0.717, 1.165) is 0 Å². The molecule has 0 aliphatic carbocycles.